The van der Waals surface area contributed by atoms with Crippen LogP contribution in [0.2, 0.25) is 0 Å². The summed E-state index contributed by atoms with van der Waals surface area (Å²) >= 11 is 0. The van der Waals surface area contributed by atoms with Crippen molar-refractivity contribution in [2.24, 2.45) is 0 Å². The van der Waals surface area contributed by atoms with Crippen LogP contribution in [0.3, 0.4) is 0 Å². The summed E-state index contributed by atoms with van der Waals surface area (Å²) in [7, 11) is 1.31. The van der Waals surface area contributed by atoms with Gasteiger partial charge in [0, 0.05) is 0 Å². The highest BCUT2D eigenvalue weighted by atomic mass is 19.3. The fraction of sp³-hybridized carbons (Fsp3) is 0.300. The summed E-state index contributed by atoms with van der Waals surface area (Å²) in [6.07, 6.45) is -0.260. The summed E-state index contributed by atoms with van der Waals surface area (Å²) in [5.74, 6) is -1.08. The number of hydrogen-bond acceptors (Lipinski definition) is 3. The lowest BCUT2D eigenvalue weighted by atomic mass is 10.1. The summed E-state index contributed by atoms with van der Waals surface area (Å²) < 4.78 is 33.1. The van der Waals surface area contributed by atoms with Crippen LogP contribution in [0.1, 0.15) is 5.56 Å². The first kappa shape index (κ1) is 12.2. The average Bonchev–Trinajstić information content (AvgIpc) is 2.16. The first-order chi connectivity index (χ1) is 7.52. The zero-order valence-electron chi connectivity index (χ0n) is 8.44. The monoisotopic (exact) mass is 232 g/mol. The Morgan fingerprint density at radius 3 is 2.62 bits per heavy atom. The van der Waals surface area contributed by atoms with Crippen molar-refractivity contribution in [3.63, 3.8) is 0 Å². The highest BCUT2D eigenvalue weighted by Gasteiger charge is 2.12. The fourth-order valence-electron chi connectivity index (χ4n) is 1.19. The van der Waals surface area contributed by atoms with E-state index < -0.39 is 12.6 Å². The highest BCUT2D eigenvalue weighted by Crippen LogP contribution is 2.29. The van der Waals surface area contributed by atoms with E-state index in [9.17, 15) is 13.6 Å². The molecule has 88 valence electrons. The molecule has 1 rings (SSSR count). The molecule has 6 heteroatoms. The van der Waals surface area contributed by atoms with E-state index in [1.54, 1.807) is 0 Å². The molecule has 0 aromatic heterocycles. The zero-order chi connectivity index (χ0) is 12.1. The molecule has 0 amide bonds. The van der Waals surface area contributed by atoms with Gasteiger partial charge in [0.1, 0.15) is 0 Å². The van der Waals surface area contributed by atoms with Gasteiger partial charge in [-0.15, -0.1) is 0 Å². The first-order valence-electron chi connectivity index (χ1n) is 4.36. The van der Waals surface area contributed by atoms with Crippen LogP contribution in [0.4, 0.5) is 8.78 Å². The van der Waals surface area contributed by atoms with Gasteiger partial charge < -0.3 is 14.6 Å². The predicted octanol–water partition coefficient (Wildman–Crippen LogP) is 1.92. The van der Waals surface area contributed by atoms with Gasteiger partial charge in [0.25, 0.3) is 0 Å². The van der Waals surface area contributed by atoms with E-state index in [1.807, 2.05) is 0 Å². The lowest BCUT2D eigenvalue weighted by Crippen LogP contribution is -2.05. The fourth-order valence-corrected chi connectivity index (χ4v) is 1.19. The first-order valence-corrected chi connectivity index (χ1v) is 4.36. The van der Waals surface area contributed by atoms with Gasteiger partial charge >= 0.3 is 12.6 Å². The molecule has 0 spiro atoms. The summed E-state index contributed by atoms with van der Waals surface area (Å²) in [5.41, 5.74) is 0.365. The Balaban J connectivity index is 2.96. The molecule has 0 heterocycles. The number of halogens is 2. The highest BCUT2D eigenvalue weighted by molar-refractivity contribution is 5.70. The SMILES string of the molecule is COc1ccc(CC(=O)O)cc1OC(F)F. The number of methoxy groups -OCH3 is 1. The third kappa shape index (κ3) is 3.38. The van der Waals surface area contributed by atoms with E-state index in [2.05, 4.69) is 4.74 Å². The van der Waals surface area contributed by atoms with Crippen molar-refractivity contribution < 1.29 is 28.2 Å². The third-order valence-corrected chi connectivity index (χ3v) is 1.80. The maximum absolute atomic E-state index is 12.0. The zero-order valence-corrected chi connectivity index (χ0v) is 8.44. The normalized spacial score (nSPS) is 10.2. The van der Waals surface area contributed by atoms with Crippen LogP contribution in [0.5, 0.6) is 11.5 Å². The minimum absolute atomic E-state index is 0.134. The largest absolute Gasteiger partial charge is 0.493 e. The van der Waals surface area contributed by atoms with Crippen molar-refractivity contribution in [2.45, 2.75) is 13.0 Å². The number of hydrogen-bond donors (Lipinski definition) is 1. The molecule has 1 N–H and O–H groups in total. The van der Waals surface area contributed by atoms with Crippen molar-refractivity contribution in [1.29, 1.82) is 0 Å². The van der Waals surface area contributed by atoms with E-state index in [1.165, 1.54) is 25.3 Å². The van der Waals surface area contributed by atoms with Crippen molar-refractivity contribution in [3.8, 4) is 11.5 Å². The van der Waals surface area contributed by atoms with Crippen LogP contribution in [0.25, 0.3) is 0 Å². The molecular formula is C10H10F2O4. The van der Waals surface area contributed by atoms with E-state index >= 15 is 0 Å². The summed E-state index contributed by atoms with van der Waals surface area (Å²) in [6.45, 7) is -2.98. The minimum atomic E-state index is -2.98. The smallest absolute Gasteiger partial charge is 0.387 e. The van der Waals surface area contributed by atoms with E-state index in [0.29, 0.717) is 5.56 Å². The summed E-state index contributed by atoms with van der Waals surface area (Å²) in [4.78, 5) is 10.4. The Bertz CT molecular complexity index is 379. The number of ether oxygens (including phenoxy) is 2. The van der Waals surface area contributed by atoms with Crippen molar-refractivity contribution in [3.05, 3.63) is 23.8 Å². The average molecular weight is 232 g/mol. The second-order valence-electron chi connectivity index (χ2n) is 2.93. The number of rotatable bonds is 5. The van der Waals surface area contributed by atoms with E-state index in [-0.39, 0.29) is 17.9 Å². The van der Waals surface area contributed by atoms with E-state index in [4.69, 9.17) is 9.84 Å². The van der Waals surface area contributed by atoms with Crippen LogP contribution < -0.4 is 9.47 Å². The van der Waals surface area contributed by atoms with Gasteiger partial charge in [0.05, 0.1) is 13.5 Å². The molecule has 16 heavy (non-hydrogen) atoms. The molecule has 0 atom stereocenters. The van der Waals surface area contributed by atoms with Gasteiger partial charge in [-0.2, -0.15) is 8.78 Å². The van der Waals surface area contributed by atoms with Gasteiger partial charge in [-0.05, 0) is 17.7 Å². The number of carboxylic acid groups (broad SMARTS) is 1. The van der Waals surface area contributed by atoms with Crippen molar-refractivity contribution in [1.82, 2.24) is 0 Å². The summed E-state index contributed by atoms with van der Waals surface area (Å²) in [5, 5.41) is 8.55. The lowest BCUT2D eigenvalue weighted by Gasteiger charge is -2.10. The maximum atomic E-state index is 12.0. The molecule has 0 aliphatic carbocycles. The number of benzene rings is 1. The maximum Gasteiger partial charge on any atom is 0.387 e. The molecule has 0 unspecified atom stereocenters. The molecule has 0 aliphatic heterocycles. The number of alkyl halides is 2. The molecule has 0 saturated carbocycles. The quantitative estimate of drug-likeness (QED) is 0.842. The van der Waals surface area contributed by atoms with Gasteiger partial charge in [-0.3, -0.25) is 4.79 Å². The Morgan fingerprint density at radius 2 is 2.12 bits per heavy atom. The molecule has 0 fully saturated rings. The predicted molar refractivity (Wildman–Crippen MR) is 51.0 cm³/mol. The van der Waals surface area contributed by atoms with Gasteiger partial charge in [-0.1, -0.05) is 6.07 Å². The molecular weight excluding hydrogens is 222 g/mol. The van der Waals surface area contributed by atoms with Crippen LogP contribution in [-0.2, 0) is 11.2 Å². The Hall–Kier alpha value is -1.85. The van der Waals surface area contributed by atoms with Gasteiger partial charge in [-0.25, -0.2) is 0 Å². The topological polar surface area (TPSA) is 55.8 Å². The molecule has 0 aliphatic rings. The van der Waals surface area contributed by atoms with Crippen LogP contribution >= 0.6 is 0 Å². The molecule has 0 saturated heterocycles. The van der Waals surface area contributed by atoms with Crippen molar-refractivity contribution in [2.75, 3.05) is 7.11 Å². The third-order valence-electron chi connectivity index (χ3n) is 1.80. The van der Waals surface area contributed by atoms with Crippen LogP contribution in [0, 0.1) is 0 Å². The Morgan fingerprint density at radius 1 is 1.44 bits per heavy atom. The molecule has 1 aromatic rings. The Labute approximate surface area is 90.4 Å². The van der Waals surface area contributed by atoms with Crippen LogP contribution in [-0.4, -0.2) is 24.8 Å². The minimum Gasteiger partial charge on any atom is -0.493 e. The molecule has 0 radical (unpaired) electrons. The van der Waals surface area contributed by atoms with Gasteiger partial charge in [0.15, 0.2) is 11.5 Å². The molecule has 1 aromatic carbocycles. The Kier molecular flexibility index (Phi) is 4.04. The molecule has 0 bridgehead atoms. The molecule has 4 nitrogen and oxygen atoms in total. The van der Waals surface area contributed by atoms with Gasteiger partial charge in [0.2, 0.25) is 0 Å². The van der Waals surface area contributed by atoms with E-state index in [0.717, 1.165) is 0 Å². The second kappa shape index (κ2) is 5.29. The number of aliphatic carboxylic acids is 1. The second-order valence-corrected chi connectivity index (χ2v) is 2.93. The summed E-state index contributed by atoms with van der Waals surface area (Å²) in [6, 6.07) is 4.08. The van der Waals surface area contributed by atoms with Crippen LogP contribution in [0.15, 0.2) is 18.2 Å². The lowest BCUT2D eigenvalue weighted by molar-refractivity contribution is -0.136. The standard InChI is InChI=1S/C10H10F2O4/c1-15-7-3-2-6(5-9(13)14)4-8(7)16-10(11)12/h2-4,10H,5H2,1H3,(H,13,14). The number of carbonyl (C=O) groups is 1. The number of carboxylic acids is 1. The van der Waals surface area contributed by atoms with Crippen molar-refractivity contribution >= 4 is 5.97 Å².